The summed E-state index contributed by atoms with van der Waals surface area (Å²) in [5, 5.41) is 4.81. The number of rotatable bonds is 9. The van der Waals surface area contributed by atoms with Crippen molar-refractivity contribution in [2.75, 3.05) is 6.54 Å². The van der Waals surface area contributed by atoms with Crippen LogP contribution in [0.1, 0.15) is 85.6 Å². The van der Waals surface area contributed by atoms with Crippen LogP contribution in [0.3, 0.4) is 0 Å². The van der Waals surface area contributed by atoms with Gasteiger partial charge in [0.15, 0.2) is 0 Å². The van der Waals surface area contributed by atoms with Crippen LogP contribution in [-0.4, -0.2) is 35.8 Å². The van der Waals surface area contributed by atoms with E-state index in [1.54, 1.807) is 24.3 Å². The van der Waals surface area contributed by atoms with Gasteiger partial charge in [-0.2, -0.15) is 0 Å². The Labute approximate surface area is 217 Å². The number of carbonyl (C=O) groups excluding carboxylic acids is 4. The van der Waals surface area contributed by atoms with Crippen molar-refractivity contribution in [2.24, 2.45) is 0 Å². The fourth-order valence-electron chi connectivity index (χ4n) is 3.69. The number of imide groups is 1. The molecule has 0 unspecified atom stereocenters. The zero-order valence-electron chi connectivity index (χ0n) is 21.4. The molecule has 3 amide bonds. The third kappa shape index (κ3) is 8.21. The largest absolute Gasteiger partial charge is 0.455 e. The molecule has 0 fully saturated rings. The van der Waals surface area contributed by atoms with Crippen molar-refractivity contribution in [3.8, 4) is 23.3 Å². The minimum atomic E-state index is -0.946. The number of carbonyl (C=O) groups is 4. The van der Waals surface area contributed by atoms with E-state index in [9.17, 15) is 19.2 Å². The van der Waals surface area contributed by atoms with E-state index in [0.717, 1.165) is 38.5 Å². The molecule has 3 rings (SSSR count). The average Bonchev–Trinajstić information content (AvgIpc) is 2.83. The van der Waals surface area contributed by atoms with Gasteiger partial charge in [0.2, 0.25) is 0 Å². The molecule has 0 bridgehead atoms. The summed E-state index contributed by atoms with van der Waals surface area (Å²) in [6.07, 6.45) is 5.31. The maximum Gasteiger partial charge on any atom is 0.407 e. The number of ether oxygens (including phenoxy) is 2. The number of hydrogen-bond acceptors (Lipinski definition) is 6. The van der Waals surface area contributed by atoms with E-state index in [1.807, 2.05) is 38.2 Å². The van der Waals surface area contributed by atoms with Gasteiger partial charge in [-0.1, -0.05) is 49.3 Å². The first kappa shape index (κ1) is 27.5. The lowest BCUT2D eigenvalue weighted by molar-refractivity contribution is -0.116. The molecular weight excluding hydrogens is 472 g/mol. The van der Waals surface area contributed by atoms with E-state index in [0.29, 0.717) is 17.9 Å². The van der Waals surface area contributed by atoms with E-state index in [-0.39, 0.29) is 23.0 Å². The lowest BCUT2D eigenvalue weighted by atomic mass is 9.98. The van der Waals surface area contributed by atoms with Crippen LogP contribution in [0.15, 0.2) is 42.5 Å². The Morgan fingerprint density at radius 3 is 2.38 bits per heavy atom. The Balaban J connectivity index is 1.47. The van der Waals surface area contributed by atoms with Gasteiger partial charge in [-0.25, -0.2) is 4.79 Å². The smallest absolute Gasteiger partial charge is 0.407 e. The maximum atomic E-state index is 12.4. The molecule has 2 aromatic carbocycles. The number of amides is 3. The van der Waals surface area contributed by atoms with Crippen LogP contribution < -0.4 is 15.4 Å². The molecule has 0 radical (unpaired) electrons. The van der Waals surface area contributed by atoms with E-state index in [1.165, 1.54) is 6.07 Å². The number of ketones is 1. The van der Waals surface area contributed by atoms with Crippen molar-refractivity contribution < 1.29 is 28.7 Å². The Bertz CT molecular complexity index is 1230. The van der Waals surface area contributed by atoms with E-state index in [2.05, 4.69) is 17.2 Å². The SMILES string of the molecule is CC(C)(C)OC(=O)NCCCCCCCC#Cc1ccccc1Oc1cccc2c1C(=O)NC(=O)C2=O. The van der Waals surface area contributed by atoms with Crippen LogP contribution in [-0.2, 0) is 9.53 Å². The highest BCUT2D eigenvalue weighted by Crippen LogP contribution is 2.31. The van der Waals surface area contributed by atoms with Crippen LogP contribution in [0.25, 0.3) is 0 Å². The highest BCUT2D eigenvalue weighted by molar-refractivity contribution is 6.49. The molecule has 194 valence electrons. The van der Waals surface area contributed by atoms with Crippen molar-refractivity contribution in [1.29, 1.82) is 0 Å². The average molecular weight is 505 g/mol. The maximum absolute atomic E-state index is 12.4. The number of Topliss-reactive ketones (excluding diaryl/α,β-unsaturated/α-hetero) is 1. The summed E-state index contributed by atoms with van der Waals surface area (Å²) >= 11 is 0. The first-order valence-electron chi connectivity index (χ1n) is 12.4. The van der Waals surface area contributed by atoms with Crippen molar-refractivity contribution in [3.63, 3.8) is 0 Å². The number of alkyl carbamates (subject to hydrolysis) is 1. The third-order valence-corrected chi connectivity index (χ3v) is 5.41. The van der Waals surface area contributed by atoms with Gasteiger partial charge < -0.3 is 14.8 Å². The Kier molecular flexibility index (Phi) is 9.45. The zero-order chi connectivity index (χ0) is 26.8. The summed E-state index contributed by atoms with van der Waals surface area (Å²) < 4.78 is 11.2. The van der Waals surface area contributed by atoms with Crippen LogP contribution in [0.5, 0.6) is 11.5 Å². The first-order chi connectivity index (χ1) is 17.7. The van der Waals surface area contributed by atoms with Gasteiger partial charge in [0.25, 0.3) is 17.6 Å². The summed E-state index contributed by atoms with van der Waals surface area (Å²) in [7, 11) is 0. The molecule has 2 N–H and O–H groups in total. The molecule has 37 heavy (non-hydrogen) atoms. The lowest BCUT2D eigenvalue weighted by Crippen LogP contribution is -2.42. The summed E-state index contributed by atoms with van der Waals surface area (Å²) in [5.74, 6) is 4.55. The summed E-state index contributed by atoms with van der Waals surface area (Å²) in [4.78, 5) is 47.8. The number of fused-ring (bicyclic) bond motifs is 1. The minimum Gasteiger partial charge on any atom is -0.455 e. The van der Waals surface area contributed by atoms with Crippen LogP contribution in [0, 0.1) is 11.8 Å². The van der Waals surface area contributed by atoms with Gasteiger partial charge in [0, 0.05) is 18.5 Å². The Hall–Kier alpha value is -4.12. The number of nitrogens with one attached hydrogen (secondary N) is 2. The van der Waals surface area contributed by atoms with Crippen molar-refractivity contribution in [1.82, 2.24) is 10.6 Å². The highest BCUT2D eigenvalue weighted by atomic mass is 16.6. The molecule has 1 aliphatic rings. The van der Waals surface area contributed by atoms with Gasteiger partial charge in [0.05, 0.1) is 11.1 Å². The summed E-state index contributed by atoms with van der Waals surface area (Å²) in [6, 6.07) is 11.8. The quantitative estimate of drug-likeness (QED) is 0.212. The van der Waals surface area contributed by atoms with E-state index in [4.69, 9.17) is 9.47 Å². The Morgan fingerprint density at radius 2 is 1.59 bits per heavy atom. The zero-order valence-corrected chi connectivity index (χ0v) is 21.4. The highest BCUT2D eigenvalue weighted by Gasteiger charge is 2.33. The molecule has 0 spiro atoms. The van der Waals surface area contributed by atoms with Gasteiger partial charge in [0.1, 0.15) is 17.1 Å². The number of hydrogen-bond donors (Lipinski definition) is 2. The second-order valence-corrected chi connectivity index (χ2v) is 9.64. The predicted octanol–water partition coefficient (Wildman–Crippen LogP) is 5.15. The van der Waals surface area contributed by atoms with Crippen LogP contribution >= 0.6 is 0 Å². The standard InChI is InChI=1S/C29H32N2O6/c1-29(2,3)37-28(35)30-19-12-8-6-4-5-7-9-14-20-15-10-11-17-22(20)36-23-18-13-16-21-24(23)26(33)31-27(34)25(21)32/h10-11,13,15-18H,4-8,12,19H2,1-3H3,(H,30,35)(H,31,33,34). The molecule has 0 atom stereocenters. The van der Waals surface area contributed by atoms with E-state index >= 15 is 0 Å². The molecule has 0 aliphatic carbocycles. The molecule has 0 aromatic heterocycles. The van der Waals surface area contributed by atoms with Gasteiger partial charge in [-0.05, 0) is 57.9 Å². The molecule has 1 aliphatic heterocycles. The number of benzene rings is 2. The van der Waals surface area contributed by atoms with E-state index < -0.39 is 23.2 Å². The molecule has 2 aromatic rings. The molecule has 8 heteroatoms. The van der Waals surface area contributed by atoms with Gasteiger partial charge in [-0.3, -0.25) is 19.7 Å². The second-order valence-electron chi connectivity index (χ2n) is 9.64. The number of para-hydroxylation sites is 1. The van der Waals surface area contributed by atoms with Crippen molar-refractivity contribution in [2.45, 2.75) is 64.9 Å². The fraction of sp³-hybridized carbons (Fsp3) is 0.379. The summed E-state index contributed by atoms with van der Waals surface area (Å²) in [5.41, 5.74) is 0.232. The monoisotopic (exact) mass is 504 g/mol. The Morgan fingerprint density at radius 1 is 0.892 bits per heavy atom. The molecule has 0 saturated heterocycles. The van der Waals surface area contributed by atoms with Gasteiger partial charge in [-0.15, -0.1) is 0 Å². The third-order valence-electron chi connectivity index (χ3n) is 5.41. The predicted molar refractivity (Wildman–Crippen MR) is 139 cm³/mol. The van der Waals surface area contributed by atoms with Crippen molar-refractivity contribution in [3.05, 3.63) is 59.2 Å². The number of unbranched alkanes of at least 4 members (excludes halogenated alkanes) is 5. The topological polar surface area (TPSA) is 111 Å². The van der Waals surface area contributed by atoms with Crippen LogP contribution in [0.4, 0.5) is 4.79 Å². The van der Waals surface area contributed by atoms with Crippen LogP contribution in [0.2, 0.25) is 0 Å². The molecular formula is C29H32N2O6. The first-order valence-corrected chi connectivity index (χ1v) is 12.4. The molecule has 0 saturated carbocycles. The molecule has 1 heterocycles. The normalized spacial score (nSPS) is 12.7. The molecule has 8 nitrogen and oxygen atoms in total. The lowest BCUT2D eigenvalue weighted by Gasteiger charge is -2.19. The second kappa shape index (κ2) is 12.7. The van der Waals surface area contributed by atoms with Gasteiger partial charge >= 0.3 is 6.09 Å². The minimum absolute atomic E-state index is 0.0236. The van der Waals surface area contributed by atoms with Crippen molar-refractivity contribution >= 4 is 23.7 Å². The fourth-order valence-corrected chi connectivity index (χ4v) is 3.69. The summed E-state index contributed by atoms with van der Waals surface area (Å²) in [6.45, 7) is 6.11.